The lowest BCUT2D eigenvalue weighted by Crippen LogP contribution is -2.48. The quantitative estimate of drug-likeness (QED) is 0.752. The number of carbonyl (C=O) groups is 2. The molecule has 0 radical (unpaired) electrons. The SMILES string of the molecule is Cc1ccc(S(=O)(=O)N(CC(=O)Nc2ccc(C)c(Cl)c2)C(=O)N2CCCC2)cc1. The van der Waals surface area contributed by atoms with E-state index in [4.69, 9.17) is 11.6 Å². The number of likely N-dealkylation sites (tertiary alicyclic amines) is 1. The van der Waals surface area contributed by atoms with Gasteiger partial charge in [0.2, 0.25) is 5.91 Å². The summed E-state index contributed by atoms with van der Waals surface area (Å²) in [7, 11) is -4.20. The van der Waals surface area contributed by atoms with E-state index in [2.05, 4.69) is 5.32 Å². The topological polar surface area (TPSA) is 86.8 Å². The highest BCUT2D eigenvalue weighted by Gasteiger charge is 2.35. The molecule has 0 aromatic heterocycles. The van der Waals surface area contributed by atoms with Gasteiger partial charge in [-0.1, -0.05) is 35.4 Å². The van der Waals surface area contributed by atoms with Gasteiger partial charge < -0.3 is 10.2 Å². The standard InChI is InChI=1S/C21H24ClN3O4S/c1-15-5-9-18(10-6-15)30(28,29)25(21(27)24-11-3-4-12-24)14-20(26)23-17-8-7-16(2)19(22)13-17/h5-10,13H,3-4,11-12,14H2,1-2H3,(H,23,26). The third-order valence-electron chi connectivity index (χ3n) is 4.94. The van der Waals surface area contributed by atoms with Crippen LogP contribution in [0.3, 0.4) is 0 Å². The lowest BCUT2D eigenvalue weighted by Gasteiger charge is -2.27. The number of urea groups is 1. The third-order valence-corrected chi connectivity index (χ3v) is 7.08. The molecule has 0 spiro atoms. The molecule has 0 saturated carbocycles. The minimum absolute atomic E-state index is 0.0353. The molecule has 2 aromatic carbocycles. The number of hydrogen-bond donors (Lipinski definition) is 1. The molecule has 2 aromatic rings. The summed E-state index contributed by atoms with van der Waals surface area (Å²) in [6.45, 7) is 3.97. The van der Waals surface area contributed by atoms with Crippen LogP contribution >= 0.6 is 11.6 Å². The summed E-state index contributed by atoms with van der Waals surface area (Å²) in [6, 6.07) is 10.5. The Bertz CT molecular complexity index is 1050. The van der Waals surface area contributed by atoms with Gasteiger partial charge >= 0.3 is 6.03 Å². The maximum absolute atomic E-state index is 13.2. The van der Waals surface area contributed by atoms with Crippen molar-refractivity contribution in [1.29, 1.82) is 0 Å². The number of nitrogens with one attached hydrogen (secondary N) is 1. The number of sulfonamides is 1. The number of anilines is 1. The summed E-state index contributed by atoms with van der Waals surface area (Å²) in [4.78, 5) is 27.1. The van der Waals surface area contributed by atoms with Gasteiger partial charge in [-0.2, -0.15) is 0 Å². The normalized spacial score (nSPS) is 13.9. The number of amides is 3. The number of halogens is 1. The van der Waals surface area contributed by atoms with Crippen LogP contribution in [-0.2, 0) is 14.8 Å². The second kappa shape index (κ2) is 9.06. The van der Waals surface area contributed by atoms with E-state index in [1.807, 2.05) is 13.8 Å². The van der Waals surface area contributed by atoms with E-state index in [-0.39, 0.29) is 4.90 Å². The Kier molecular flexibility index (Phi) is 6.67. The monoisotopic (exact) mass is 449 g/mol. The Morgan fingerprint density at radius 1 is 1.07 bits per heavy atom. The van der Waals surface area contributed by atoms with Gasteiger partial charge in [-0.3, -0.25) is 4.79 Å². The average Bonchev–Trinajstić information content (AvgIpc) is 3.23. The number of carbonyl (C=O) groups excluding carboxylic acids is 2. The molecule has 30 heavy (non-hydrogen) atoms. The Morgan fingerprint density at radius 2 is 1.70 bits per heavy atom. The van der Waals surface area contributed by atoms with Crippen molar-refractivity contribution in [3.05, 3.63) is 58.6 Å². The highest BCUT2D eigenvalue weighted by Crippen LogP contribution is 2.22. The maximum Gasteiger partial charge on any atom is 0.334 e. The molecule has 1 N–H and O–H groups in total. The van der Waals surface area contributed by atoms with Crippen molar-refractivity contribution < 1.29 is 18.0 Å². The van der Waals surface area contributed by atoms with E-state index < -0.39 is 28.5 Å². The Hall–Kier alpha value is -2.58. The number of hydrogen-bond acceptors (Lipinski definition) is 4. The summed E-state index contributed by atoms with van der Waals surface area (Å²) in [5.74, 6) is -0.627. The number of rotatable bonds is 5. The Balaban J connectivity index is 1.86. The molecule has 1 heterocycles. The first-order valence-electron chi connectivity index (χ1n) is 9.63. The molecule has 1 aliphatic heterocycles. The van der Waals surface area contributed by atoms with Crippen LogP contribution in [-0.4, -0.2) is 49.2 Å². The van der Waals surface area contributed by atoms with E-state index in [0.29, 0.717) is 28.1 Å². The zero-order valence-electron chi connectivity index (χ0n) is 16.9. The van der Waals surface area contributed by atoms with Crippen LogP contribution in [0.25, 0.3) is 0 Å². The Labute approximate surface area is 181 Å². The predicted octanol–water partition coefficient (Wildman–Crippen LogP) is 3.80. The maximum atomic E-state index is 13.2. The summed E-state index contributed by atoms with van der Waals surface area (Å²) in [5.41, 5.74) is 2.17. The fourth-order valence-electron chi connectivity index (χ4n) is 3.16. The average molecular weight is 450 g/mol. The largest absolute Gasteiger partial charge is 0.334 e. The van der Waals surface area contributed by atoms with Crippen molar-refractivity contribution in [3.63, 3.8) is 0 Å². The summed E-state index contributed by atoms with van der Waals surface area (Å²) in [5, 5.41) is 3.10. The van der Waals surface area contributed by atoms with E-state index in [1.165, 1.54) is 17.0 Å². The molecule has 1 saturated heterocycles. The highest BCUT2D eigenvalue weighted by atomic mass is 35.5. The van der Waals surface area contributed by atoms with Crippen LogP contribution in [0, 0.1) is 13.8 Å². The van der Waals surface area contributed by atoms with Crippen LogP contribution < -0.4 is 5.32 Å². The molecule has 0 atom stereocenters. The molecule has 0 unspecified atom stereocenters. The third kappa shape index (κ3) is 4.94. The molecular weight excluding hydrogens is 426 g/mol. The van der Waals surface area contributed by atoms with Crippen molar-refractivity contribution in [2.75, 3.05) is 25.0 Å². The molecule has 9 heteroatoms. The first kappa shape index (κ1) is 22.1. The smallest absolute Gasteiger partial charge is 0.324 e. The van der Waals surface area contributed by atoms with Crippen molar-refractivity contribution in [2.45, 2.75) is 31.6 Å². The minimum Gasteiger partial charge on any atom is -0.324 e. The van der Waals surface area contributed by atoms with Gasteiger partial charge in [-0.25, -0.2) is 17.5 Å². The molecule has 0 aliphatic carbocycles. The van der Waals surface area contributed by atoms with E-state index in [0.717, 1.165) is 24.0 Å². The molecule has 7 nitrogen and oxygen atoms in total. The number of benzene rings is 2. The van der Waals surface area contributed by atoms with Gasteiger partial charge in [0, 0.05) is 23.8 Å². The fourth-order valence-corrected chi connectivity index (χ4v) is 4.68. The van der Waals surface area contributed by atoms with Crippen LogP contribution in [0.5, 0.6) is 0 Å². The number of nitrogens with zero attached hydrogens (tertiary/aromatic N) is 2. The van der Waals surface area contributed by atoms with E-state index >= 15 is 0 Å². The summed E-state index contributed by atoms with van der Waals surface area (Å²) >= 11 is 6.09. The molecule has 1 fully saturated rings. The number of aryl methyl sites for hydroxylation is 2. The molecular formula is C21H24ClN3O4S. The van der Waals surface area contributed by atoms with Gasteiger partial charge in [0.25, 0.3) is 10.0 Å². The predicted molar refractivity (Wildman–Crippen MR) is 116 cm³/mol. The van der Waals surface area contributed by atoms with Crippen LogP contribution in [0.4, 0.5) is 10.5 Å². The zero-order valence-corrected chi connectivity index (χ0v) is 18.5. The molecule has 160 valence electrons. The van der Waals surface area contributed by atoms with Gasteiger partial charge in [0.05, 0.1) is 4.90 Å². The van der Waals surface area contributed by atoms with Crippen molar-refractivity contribution in [2.24, 2.45) is 0 Å². The minimum atomic E-state index is -4.20. The first-order valence-corrected chi connectivity index (χ1v) is 11.4. The second-order valence-corrected chi connectivity index (χ2v) is 9.58. The van der Waals surface area contributed by atoms with Crippen LogP contribution in [0.15, 0.2) is 47.4 Å². The molecule has 3 amide bonds. The lowest BCUT2D eigenvalue weighted by molar-refractivity contribution is -0.116. The van der Waals surface area contributed by atoms with Gasteiger partial charge in [0.1, 0.15) is 6.54 Å². The molecule has 3 rings (SSSR count). The van der Waals surface area contributed by atoms with Crippen molar-refractivity contribution >= 4 is 39.2 Å². The summed E-state index contributed by atoms with van der Waals surface area (Å²) in [6.07, 6.45) is 1.61. The van der Waals surface area contributed by atoms with Gasteiger partial charge in [0.15, 0.2) is 0 Å². The molecule has 0 bridgehead atoms. The van der Waals surface area contributed by atoms with Gasteiger partial charge in [-0.05, 0) is 56.5 Å². The zero-order chi connectivity index (χ0) is 21.9. The molecule has 1 aliphatic rings. The van der Waals surface area contributed by atoms with Gasteiger partial charge in [-0.15, -0.1) is 0 Å². The first-order chi connectivity index (χ1) is 14.2. The Morgan fingerprint density at radius 3 is 2.30 bits per heavy atom. The van der Waals surface area contributed by atoms with E-state index in [1.54, 1.807) is 30.3 Å². The van der Waals surface area contributed by atoms with E-state index in [9.17, 15) is 18.0 Å². The fraction of sp³-hybridized carbons (Fsp3) is 0.333. The summed E-state index contributed by atoms with van der Waals surface area (Å²) < 4.78 is 27.1. The van der Waals surface area contributed by atoms with Crippen LogP contribution in [0.2, 0.25) is 5.02 Å². The van der Waals surface area contributed by atoms with Crippen molar-refractivity contribution in [1.82, 2.24) is 9.21 Å². The highest BCUT2D eigenvalue weighted by molar-refractivity contribution is 7.89. The lowest BCUT2D eigenvalue weighted by atomic mass is 10.2. The second-order valence-electron chi connectivity index (χ2n) is 7.31. The van der Waals surface area contributed by atoms with Crippen LogP contribution in [0.1, 0.15) is 24.0 Å². The van der Waals surface area contributed by atoms with Crippen molar-refractivity contribution in [3.8, 4) is 0 Å².